The van der Waals surface area contributed by atoms with Gasteiger partial charge in [-0.25, -0.2) is 4.79 Å². The summed E-state index contributed by atoms with van der Waals surface area (Å²) in [6.45, 7) is 1.38. The molecule has 2 aliphatic rings. The monoisotopic (exact) mass is 381 g/mol. The Hall–Kier alpha value is -2.15. The molecule has 8 heteroatoms. The van der Waals surface area contributed by atoms with E-state index in [1.165, 1.54) is 14.2 Å². The SMILES string of the molecule is COc1cc(OC)c(NC(=O)NC2CCN(C(=O)C3CC3)CC2)cc1Cl. The molecule has 1 aliphatic carbocycles. The number of hydrogen-bond acceptors (Lipinski definition) is 4. The van der Waals surface area contributed by atoms with Crippen molar-refractivity contribution in [2.75, 3.05) is 32.6 Å². The number of piperidine rings is 1. The third-order valence-electron chi connectivity index (χ3n) is 4.79. The Morgan fingerprint density at radius 3 is 2.31 bits per heavy atom. The molecule has 1 aliphatic heterocycles. The molecule has 1 saturated heterocycles. The summed E-state index contributed by atoms with van der Waals surface area (Å²) in [5.74, 6) is 1.45. The van der Waals surface area contributed by atoms with Gasteiger partial charge in [-0.05, 0) is 31.7 Å². The van der Waals surface area contributed by atoms with Crippen molar-refractivity contribution in [3.63, 3.8) is 0 Å². The first kappa shape index (κ1) is 18.6. The van der Waals surface area contributed by atoms with Crippen LogP contribution in [0.1, 0.15) is 25.7 Å². The first-order valence-electron chi connectivity index (χ1n) is 8.79. The van der Waals surface area contributed by atoms with E-state index in [9.17, 15) is 9.59 Å². The molecule has 1 aromatic rings. The highest BCUT2D eigenvalue weighted by atomic mass is 35.5. The van der Waals surface area contributed by atoms with Gasteiger partial charge in [0, 0.05) is 31.1 Å². The number of halogens is 1. The predicted molar refractivity (Wildman–Crippen MR) is 99.0 cm³/mol. The maximum absolute atomic E-state index is 12.3. The smallest absolute Gasteiger partial charge is 0.319 e. The number of benzene rings is 1. The molecule has 0 unspecified atom stereocenters. The quantitative estimate of drug-likeness (QED) is 0.821. The molecule has 0 radical (unpaired) electrons. The summed E-state index contributed by atoms with van der Waals surface area (Å²) in [6, 6.07) is 2.93. The van der Waals surface area contributed by atoms with Gasteiger partial charge in [0.2, 0.25) is 5.91 Å². The average Bonchev–Trinajstić information content (AvgIpc) is 3.47. The van der Waals surface area contributed by atoms with Crippen LogP contribution in [-0.4, -0.2) is 50.2 Å². The average molecular weight is 382 g/mol. The molecule has 0 aromatic heterocycles. The van der Waals surface area contributed by atoms with Crippen LogP contribution in [0.5, 0.6) is 11.5 Å². The van der Waals surface area contributed by atoms with Crippen molar-refractivity contribution in [3.05, 3.63) is 17.2 Å². The van der Waals surface area contributed by atoms with E-state index < -0.39 is 0 Å². The Balaban J connectivity index is 1.53. The number of carbonyl (C=O) groups is 2. The molecule has 142 valence electrons. The number of hydrogen-bond donors (Lipinski definition) is 2. The van der Waals surface area contributed by atoms with Crippen LogP contribution in [0.3, 0.4) is 0 Å². The lowest BCUT2D eigenvalue weighted by molar-refractivity contribution is -0.133. The lowest BCUT2D eigenvalue weighted by atomic mass is 10.0. The van der Waals surface area contributed by atoms with Gasteiger partial charge < -0.3 is 25.0 Å². The topological polar surface area (TPSA) is 79.9 Å². The van der Waals surface area contributed by atoms with E-state index in [-0.39, 0.29) is 23.9 Å². The van der Waals surface area contributed by atoms with Crippen molar-refractivity contribution >= 4 is 29.2 Å². The summed E-state index contributed by atoms with van der Waals surface area (Å²) in [4.78, 5) is 26.3. The molecule has 1 saturated carbocycles. The molecular formula is C18H24ClN3O4. The fraction of sp³-hybridized carbons (Fsp3) is 0.556. The number of rotatable bonds is 5. The zero-order chi connectivity index (χ0) is 18.7. The van der Waals surface area contributed by atoms with Crippen molar-refractivity contribution in [2.45, 2.75) is 31.7 Å². The zero-order valence-corrected chi connectivity index (χ0v) is 15.8. The first-order valence-corrected chi connectivity index (χ1v) is 9.17. The number of carbonyl (C=O) groups excluding carboxylic acids is 2. The number of amides is 3. The highest BCUT2D eigenvalue weighted by Crippen LogP contribution is 2.36. The van der Waals surface area contributed by atoms with Crippen LogP contribution >= 0.6 is 11.6 Å². The zero-order valence-electron chi connectivity index (χ0n) is 15.0. The Morgan fingerprint density at radius 2 is 1.73 bits per heavy atom. The van der Waals surface area contributed by atoms with E-state index >= 15 is 0 Å². The fourth-order valence-corrected chi connectivity index (χ4v) is 3.38. The molecule has 2 N–H and O–H groups in total. The van der Waals surface area contributed by atoms with E-state index in [1.54, 1.807) is 12.1 Å². The molecule has 1 aromatic carbocycles. The standard InChI is InChI=1S/C18H24ClN3O4/c1-25-15-10-16(26-2)14(9-13(15)19)21-18(24)20-12-5-7-22(8-6-12)17(23)11-3-4-11/h9-12H,3-8H2,1-2H3,(H2,20,21,24). The van der Waals surface area contributed by atoms with Crippen molar-refractivity contribution < 1.29 is 19.1 Å². The summed E-state index contributed by atoms with van der Waals surface area (Å²) in [6.07, 6.45) is 3.55. The number of methoxy groups -OCH3 is 2. The molecule has 3 amide bonds. The molecule has 2 fully saturated rings. The lowest BCUT2D eigenvalue weighted by Crippen LogP contribution is -2.47. The van der Waals surface area contributed by atoms with Gasteiger partial charge >= 0.3 is 6.03 Å². The number of nitrogens with one attached hydrogen (secondary N) is 2. The molecule has 0 atom stereocenters. The molecule has 0 bridgehead atoms. The van der Waals surface area contributed by atoms with Gasteiger partial charge in [-0.2, -0.15) is 0 Å². The minimum Gasteiger partial charge on any atom is -0.495 e. The Bertz CT molecular complexity index is 685. The van der Waals surface area contributed by atoms with E-state index in [0.29, 0.717) is 35.3 Å². The maximum Gasteiger partial charge on any atom is 0.319 e. The predicted octanol–water partition coefficient (Wildman–Crippen LogP) is 2.88. The van der Waals surface area contributed by atoms with E-state index in [1.807, 2.05) is 4.90 Å². The molecule has 0 spiro atoms. The van der Waals surface area contributed by atoms with Crippen LogP contribution in [0.15, 0.2) is 12.1 Å². The molecular weight excluding hydrogens is 358 g/mol. The van der Waals surface area contributed by atoms with E-state index in [2.05, 4.69) is 10.6 Å². The molecule has 26 heavy (non-hydrogen) atoms. The van der Waals surface area contributed by atoms with Crippen LogP contribution < -0.4 is 20.1 Å². The van der Waals surface area contributed by atoms with Crippen LogP contribution in [0.4, 0.5) is 10.5 Å². The molecule has 3 rings (SSSR count). The molecule has 7 nitrogen and oxygen atoms in total. The summed E-state index contributed by atoms with van der Waals surface area (Å²) in [7, 11) is 3.03. The van der Waals surface area contributed by atoms with Gasteiger partial charge in [0.15, 0.2) is 0 Å². The number of likely N-dealkylation sites (tertiary alicyclic amines) is 1. The van der Waals surface area contributed by atoms with Crippen LogP contribution in [0.2, 0.25) is 5.02 Å². The summed E-state index contributed by atoms with van der Waals surface area (Å²) in [5.41, 5.74) is 0.470. The Kier molecular flexibility index (Phi) is 5.76. The lowest BCUT2D eigenvalue weighted by Gasteiger charge is -2.32. The van der Waals surface area contributed by atoms with Gasteiger partial charge in [0.1, 0.15) is 11.5 Å². The van der Waals surface area contributed by atoms with Gasteiger partial charge in [-0.1, -0.05) is 11.6 Å². The minimum atomic E-state index is -0.323. The fourth-order valence-electron chi connectivity index (χ4n) is 3.13. The number of anilines is 1. The highest BCUT2D eigenvalue weighted by molar-refractivity contribution is 6.32. The van der Waals surface area contributed by atoms with E-state index in [0.717, 1.165) is 25.7 Å². The van der Waals surface area contributed by atoms with Gasteiger partial charge in [0.05, 0.1) is 24.9 Å². The first-order chi connectivity index (χ1) is 12.5. The minimum absolute atomic E-state index is 0.0398. The summed E-state index contributed by atoms with van der Waals surface area (Å²) < 4.78 is 10.4. The van der Waals surface area contributed by atoms with Crippen molar-refractivity contribution in [1.82, 2.24) is 10.2 Å². The number of urea groups is 1. The number of nitrogens with zero attached hydrogens (tertiary/aromatic N) is 1. The third kappa shape index (κ3) is 4.33. The summed E-state index contributed by atoms with van der Waals surface area (Å²) in [5, 5.41) is 6.11. The van der Waals surface area contributed by atoms with Crippen molar-refractivity contribution in [3.8, 4) is 11.5 Å². The van der Waals surface area contributed by atoms with Gasteiger partial charge in [-0.15, -0.1) is 0 Å². The Morgan fingerprint density at radius 1 is 1.08 bits per heavy atom. The van der Waals surface area contributed by atoms with Crippen LogP contribution in [0, 0.1) is 5.92 Å². The normalized spacial score (nSPS) is 17.6. The summed E-state index contributed by atoms with van der Waals surface area (Å²) >= 11 is 6.12. The molecule has 1 heterocycles. The maximum atomic E-state index is 12.3. The second kappa shape index (κ2) is 8.03. The van der Waals surface area contributed by atoms with Gasteiger partial charge in [0.25, 0.3) is 0 Å². The Labute approximate surface area is 158 Å². The highest BCUT2D eigenvalue weighted by Gasteiger charge is 2.35. The van der Waals surface area contributed by atoms with Crippen LogP contribution in [-0.2, 0) is 4.79 Å². The van der Waals surface area contributed by atoms with E-state index in [4.69, 9.17) is 21.1 Å². The number of ether oxygens (including phenoxy) is 2. The largest absolute Gasteiger partial charge is 0.495 e. The second-order valence-electron chi connectivity index (χ2n) is 6.66. The second-order valence-corrected chi connectivity index (χ2v) is 7.07. The van der Waals surface area contributed by atoms with Crippen molar-refractivity contribution in [2.24, 2.45) is 5.92 Å². The van der Waals surface area contributed by atoms with Crippen LogP contribution in [0.25, 0.3) is 0 Å². The van der Waals surface area contributed by atoms with Crippen molar-refractivity contribution in [1.29, 1.82) is 0 Å². The van der Waals surface area contributed by atoms with Gasteiger partial charge in [-0.3, -0.25) is 4.79 Å². The third-order valence-corrected chi connectivity index (χ3v) is 5.09.